The lowest BCUT2D eigenvalue weighted by atomic mass is 9.74. The molecule has 19 heavy (non-hydrogen) atoms. The molecule has 0 spiro atoms. The van der Waals surface area contributed by atoms with Gasteiger partial charge in [0, 0.05) is 0 Å². The van der Waals surface area contributed by atoms with E-state index in [-0.39, 0.29) is 17.1 Å². The number of hydrogen-bond donors (Lipinski definition) is 1. The van der Waals surface area contributed by atoms with Crippen molar-refractivity contribution in [3.8, 4) is 0 Å². The maximum Gasteiger partial charge on any atom is 0.480 e. The average Bonchev–Trinajstić information content (AvgIpc) is 2.45. The molecule has 1 aliphatic heterocycles. The predicted molar refractivity (Wildman–Crippen MR) is 78.9 cm³/mol. The lowest BCUT2D eigenvalue weighted by molar-refractivity contribution is 0.00578. The van der Waals surface area contributed by atoms with Crippen molar-refractivity contribution in [2.45, 2.75) is 58.7 Å². The molecule has 0 amide bonds. The van der Waals surface area contributed by atoms with Gasteiger partial charge < -0.3 is 15.0 Å². The van der Waals surface area contributed by atoms with E-state index in [1.165, 1.54) is 11.1 Å². The van der Waals surface area contributed by atoms with Crippen LogP contribution < -0.4 is 5.73 Å². The van der Waals surface area contributed by atoms with Gasteiger partial charge in [-0.2, -0.15) is 0 Å². The fraction of sp³-hybridized carbons (Fsp3) is 0.600. The second-order valence-corrected chi connectivity index (χ2v) is 6.57. The first-order chi connectivity index (χ1) is 8.62. The number of hydrogen-bond acceptors (Lipinski definition) is 3. The van der Waals surface area contributed by atoms with Crippen molar-refractivity contribution in [1.82, 2.24) is 0 Å². The van der Waals surface area contributed by atoms with Crippen LogP contribution in [0, 0.1) is 13.8 Å². The molecule has 0 saturated carbocycles. The zero-order valence-corrected chi connectivity index (χ0v) is 12.8. The Morgan fingerprint density at radius 2 is 1.37 bits per heavy atom. The summed E-state index contributed by atoms with van der Waals surface area (Å²) in [6, 6.07) is 6.34. The van der Waals surface area contributed by atoms with Gasteiger partial charge in [-0.05, 0) is 47.1 Å². The summed E-state index contributed by atoms with van der Waals surface area (Å²) in [5, 5.41) is 0. The van der Waals surface area contributed by atoms with Gasteiger partial charge in [0.2, 0.25) is 0 Å². The van der Waals surface area contributed by atoms with E-state index in [1.807, 2.05) is 27.7 Å². The third-order valence-corrected chi connectivity index (χ3v) is 4.19. The van der Waals surface area contributed by atoms with Gasteiger partial charge in [-0.15, -0.1) is 0 Å². The molecule has 104 valence electrons. The van der Waals surface area contributed by atoms with E-state index < -0.39 is 7.12 Å². The zero-order chi connectivity index (χ0) is 14.4. The van der Waals surface area contributed by atoms with Crippen LogP contribution in [0.1, 0.15) is 50.3 Å². The third-order valence-electron chi connectivity index (χ3n) is 4.19. The molecule has 1 aromatic carbocycles. The Labute approximate surface area is 116 Å². The first-order valence-corrected chi connectivity index (χ1v) is 6.82. The highest BCUT2D eigenvalue weighted by Gasteiger charge is 2.53. The van der Waals surface area contributed by atoms with E-state index in [0.29, 0.717) is 0 Å². The molecule has 0 unspecified atom stereocenters. The molecule has 1 fully saturated rings. The second-order valence-electron chi connectivity index (χ2n) is 6.57. The molecule has 4 heteroatoms. The summed E-state index contributed by atoms with van der Waals surface area (Å²) in [6.45, 7) is 12.3. The summed E-state index contributed by atoms with van der Waals surface area (Å²) in [6.07, 6.45) is 0. The standard InChI is InChI=1S/C15H24BNO2/c1-10-7-11(2)9-12(8-10)13(17)16-18-14(3,4)15(5,6)19-16/h7-9,13H,17H2,1-6H3/t13-/m0/s1. The molecule has 1 saturated heterocycles. The molecule has 2 N–H and O–H groups in total. The van der Waals surface area contributed by atoms with E-state index in [4.69, 9.17) is 15.0 Å². The molecular weight excluding hydrogens is 237 g/mol. The number of aryl methyl sites for hydroxylation is 2. The van der Waals surface area contributed by atoms with Crippen molar-refractivity contribution >= 4 is 7.12 Å². The summed E-state index contributed by atoms with van der Waals surface area (Å²) in [7, 11) is -0.397. The van der Waals surface area contributed by atoms with Crippen LogP contribution >= 0.6 is 0 Å². The summed E-state index contributed by atoms with van der Waals surface area (Å²) >= 11 is 0. The van der Waals surface area contributed by atoms with Gasteiger partial charge in [0.05, 0.1) is 17.1 Å². The van der Waals surface area contributed by atoms with Crippen LogP contribution in [0.5, 0.6) is 0 Å². The van der Waals surface area contributed by atoms with Crippen LogP contribution in [-0.2, 0) is 9.31 Å². The highest BCUT2D eigenvalue weighted by molar-refractivity contribution is 6.47. The third kappa shape index (κ3) is 2.71. The van der Waals surface area contributed by atoms with Crippen molar-refractivity contribution in [3.05, 3.63) is 34.9 Å². The average molecular weight is 261 g/mol. The van der Waals surface area contributed by atoms with Gasteiger partial charge in [-0.25, -0.2) is 0 Å². The molecule has 2 rings (SSSR count). The summed E-state index contributed by atoms with van der Waals surface area (Å²) < 4.78 is 12.0. The highest BCUT2D eigenvalue weighted by Crippen LogP contribution is 2.39. The largest absolute Gasteiger partial charge is 0.480 e. The highest BCUT2D eigenvalue weighted by atomic mass is 16.7. The van der Waals surface area contributed by atoms with E-state index in [2.05, 4.69) is 32.0 Å². The van der Waals surface area contributed by atoms with Crippen LogP contribution in [0.2, 0.25) is 0 Å². The summed E-state index contributed by atoms with van der Waals surface area (Å²) in [4.78, 5) is 0. The molecule has 1 atom stereocenters. The van der Waals surface area contributed by atoms with Gasteiger partial charge in [0.1, 0.15) is 0 Å². The van der Waals surface area contributed by atoms with Crippen molar-refractivity contribution < 1.29 is 9.31 Å². The summed E-state index contributed by atoms with van der Waals surface area (Å²) in [5.41, 5.74) is 9.14. The molecule has 0 aliphatic carbocycles. The topological polar surface area (TPSA) is 44.5 Å². The molecular formula is C15H24BNO2. The first kappa shape index (κ1) is 14.6. The monoisotopic (exact) mass is 261 g/mol. The van der Waals surface area contributed by atoms with E-state index in [1.54, 1.807) is 0 Å². The zero-order valence-electron chi connectivity index (χ0n) is 12.8. The van der Waals surface area contributed by atoms with Gasteiger partial charge >= 0.3 is 7.12 Å². The van der Waals surface area contributed by atoms with E-state index in [0.717, 1.165) is 5.56 Å². The van der Waals surface area contributed by atoms with Gasteiger partial charge in [-0.1, -0.05) is 29.3 Å². The minimum atomic E-state index is -0.397. The quantitative estimate of drug-likeness (QED) is 0.832. The van der Waals surface area contributed by atoms with Crippen LogP contribution in [0.4, 0.5) is 0 Å². The van der Waals surface area contributed by atoms with Gasteiger partial charge in [0.15, 0.2) is 0 Å². The molecule has 0 radical (unpaired) electrons. The molecule has 1 aliphatic rings. The Morgan fingerprint density at radius 3 is 1.79 bits per heavy atom. The fourth-order valence-corrected chi connectivity index (χ4v) is 2.39. The lowest BCUT2D eigenvalue weighted by Gasteiger charge is -2.32. The maximum atomic E-state index is 6.33. The second kappa shape index (κ2) is 4.62. The Kier molecular flexibility index (Phi) is 3.54. The first-order valence-electron chi connectivity index (χ1n) is 6.82. The number of rotatable bonds is 2. The minimum absolute atomic E-state index is 0.264. The lowest BCUT2D eigenvalue weighted by Crippen LogP contribution is -2.41. The van der Waals surface area contributed by atoms with Gasteiger partial charge in [-0.3, -0.25) is 0 Å². The van der Waals surface area contributed by atoms with E-state index >= 15 is 0 Å². The van der Waals surface area contributed by atoms with Crippen molar-refractivity contribution in [3.63, 3.8) is 0 Å². The van der Waals surface area contributed by atoms with Crippen LogP contribution in [0.25, 0.3) is 0 Å². The van der Waals surface area contributed by atoms with Crippen molar-refractivity contribution in [2.24, 2.45) is 5.73 Å². The Morgan fingerprint density at radius 1 is 0.947 bits per heavy atom. The van der Waals surface area contributed by atoms with Crippen LogP contribution in [-0.4, -0.2) is 18.3 Å². The molecule has 0 aromatic heterocycles. The molecule has 0 bridgehead atoms. The minimum Gasteiger partial charge on any atom is -0.402 e. The Hall–Kier alpha value is -0.835. The van der Waals surface area contributed by atoms with Crippen LogP contribution in [0.15, 0.2) is 18.2 Å². The fourth-order valence-electron chi connectivity index (χ4n) is 2.39. The SMILES string of the molecule is Cc1cc(C)cc([C@H](N)B2OC(C)(C)C(C)(C)O2)c1. The molecule has 1 heterocycles. The van der Waals surface area contributed by atoms with E-state index in [9.17, 15) is 0 Å². The smallest absolute Gasteiger partial charge is 0.402 e. The van der Waals surface area contributed by atoms with Crippen molar-refractivity contribution in [1.29, 1.82) is 0 Å². The normalized spacial score (nSPS) is 22.6. The Balaban J connectivity index is 2.24. The Bertz CT molecular complexity index is 449. The molecule has 1 aromatic rings. The predicted octanol–water partition coefficient (Wildman–Crippen LogP) is 2.93. The summed E-state index contributed by atoms with van der Waals surface area (Å²) in [5.74, 6) is -0.264. The number of benzene rings is 1. The van der Waals surface area contributed by atoms with Crippen molar-refractivity contribution in [2.75, 3.05) is 0 Å². The number of nitrogens with two attached hydrogens (primary N) is 1. The van der Waals surface area contributed by atoms with Crippen LogP contribution in [0.3, 0.4) is 0 Å². The molecule has 3 nitrogen and oxygen atoms in total. The van der Waals surface area contributed by atoms with Gasteiger partial charge in [0.25, 0.3) is 0 Å². The maximum absolute atomic E-state index is 6.33.